The summed E-state index contributed by atoms with van der Waals surface area (Å²) in [7, 11) is 3.54. The molecule has 174 valence electrons. The van der Waals surface area contributed by atoms with Gasteiger partial charge in [0.25, 0.3) is 0 Å². The van der Waals surface area contributed by atoms with Gasteiger partial charge >= 0.3 is 0 Å². The van der Waals surface area contributed by atoms with Crippen LogP contribution in [-0.2, 0) is 4.79 Å². The van der Waals surface area contributed by atoms with Gasteiger partial charge in [-0.2, -0.15) is 5.26 Å². The van der Waals surface area contributed by atoms with Crippen LogP contribution < -0.4 is 15.4 Å². The Hall–Kier alpha value is -3.67. The van der Waals surface area contributed by atoms with Crippen molar-refractivity contribution >= 4 is 45.5 Å². The van der Waals surface area contributed by atoms with Gasteiger partial charge in [0.15, 0.2) is 0 Å². The van der Waals surface area contributed by atoms with Crippen molar-refractivity contribution in [3.05, 3.63) is 65.1 Å². The van der Waals surface area contributed by atoms with E-state index in [1.165, 1.54) is 37.6 Å². The molecule has 1 aliphatic heterocycles. The molecule has 4 rings (SSSR count). The normalized spacial score (nSPS) is 16.0. The fourth-order valence-electron chi connectivity index (χ4n) is 3.98. The summed E-state index contributed by atoms with van der Waals surface area (Å²) in [5.74, 6) is -0.402. The van der Waals surface area contributed by atoms with Crippen molar-refractivity contribution in [2.75, 3.05) is 31.3 Å². The molecule has 1 aromatic heterocycles. The molecule has 0 bridgehead atoms. The lowest BCUT2D eigenvalue weighted by Gasteiger charge is -2.16. The largest absolute Gasteiger partial charge is 0.494 e. The molecule has 7 nitrogen and oxygen atoms in total. The van der Waals surface area contributed by atoms with Crippen molar-refractivity contribution < 1.29 is 13.9 Å². The second-order valence-corrected chi connectivity index (χ2v) is 8.43. The molecule has 0 radical (unpaired) electrons. The van der Waals surface area contributed by atoms with E-state index in [0.717, 1.165) is 19.4 Å². The molecule has 0 unspecified atom stereocenters. The third kappa shape index (κ3) is 4.96. The van der Waals surface area contributed by atoms with Crippen LogP contribution in [0.4, 0.5) is 21.5 Å². The van der Waals surface area contributed by atoms with Crippen LogP contribution in [0.25, 0.3) is 10.9 Å². The number of benzene rings is 2. The van der Waals surface area contributed by atoms with E-state index in [4.69, 9.17) is 16.3 Å². The molecular formula is C25H23ClFN5O2. The summed E-state index contributed by atoms with van der Waals surface area (Å²) in [4.78, 5) is 19.2. The Morgan fingerprint density at radius 3 is 2.88 bits per heavy atom. The molecule has 3 aromatic rings. The van der Waals surface area contributed by atoms with E-state index < -0.39 is 5.82 Å². The van der Waals surface area contributed by atoms with E-state index in [1.54, 1.807) is 12.1 Å². The lowest BCUT2D eigenvalue weighted by Crippen LogP contribution is -2.23. The first-order valence-electron chi connectivity index (χ1n) is 10.7. The number of rotatable bonds is 6. The van der Waals surface area contributed by atoms with Crippen molar-refractivity contribution in [1.29, 1.82) is 5.26 Å². The van der Waals surface area contributed by atoms with E-state index in [-0.39, 0.29) is 22.5 Å². The zero-order chi connectivity index (χ0) is 24.2. The summed E-state index contributed by atoms with van der Waals surface area (Å²) in [5.41, 5.74) is 2.21. The SMILES string of the molecule is COc1cc2ncc(C#N)c(Nc3ccc(F)c(Cl)c3)c2cc1NC(=O)/C=C/[C@H]1CCCN1C. The van der Waals surface area contributed by atoms with Crippen molar-refractivity contribution in [3.63, 3.8) is 0 Å². The van der Waals surface area contributed by atoms with E-state index in [2.05, 4.69) is 26.6 Å². The van der Waals surface area contributed by atoms with E-state index in [1.807, 2.05) is 13.1 Å². The number of ether oxygens (including phenoxy) is 1. The molecule has 2 aromatic carbocycles. The molecule has 1 saturated heterocycles. The lowest BCUT2D eigenvalue weighted by atomic mass is 10.1. The smallest absolute Gasteiger partial charge is 0.248 e. The Kier molecular flexibility index (Phi) is 6.96. The van der Waals surface area contributed by atoms with Gasteiger partial charge in [0, 0.05) is 35.5 Å². The van der Waals surface area contributed by atoms with Crippen LogP contribution in [0.2, 0.25) is 5.02 Å². The summed E-state index contributed by atoms with van der Waals surface area (Å²) in [6.07, 6.45) is 6.99. The van der Waals surface area contributed by atoms with Gasteiger partial charge in [-0.05, 0) is 50.7 Å². The Morgan fingerprint density at radius 1 is 1.38 bits per heavy atom. The van der Waals surface area contributed by atoms with Gasteiger partial charge in [-0.25, -0.2) is 4.39 Å². The molecule has 2 heterocycles. The number of amides is 1. The first-order valence-corrected chi connectivity index (χ1v) is 11.1. The minimum atomic E-state index is -0.543. The summed E-state index contributed by atoms with van der Waals surface area (Å²) in [6, 6.07) is 9.92. The number of carbonyl (C=O) groups is 1. The Morgan fingerprint density at radius 2 is 2.21 bits per heavy atom. The average Bonchev–Trinajstić information content (AvgIpc) is 3.24. The molecular weight excluding hydrogens is 457 g/mol. The first kappa shape index (κ1) is 23.5. The van der Waals surface area contributed by atoms with E-state index >= 15 is 0 Å². The fraction of sp³-hybridized carbons (Fsp3) is 0.240. The van der Waals surface area contributed by atoms with Crippen molar-refractivity contribution in [2.24, 2.45) is 0 Å². The second-order valence-electron chi connectivity index (χ2n) is 8.02. The van der Waals surface area contributed by atoms with Crippen molar-refractivity contribution in [2.45, 2.75) is 18.9 Å². The standard InChI is InChI=1S/C25H23ClFN5O2/c1-32-9-3-4-17(32)6-8-24(33)31-22-11-18-21(12-23(22)34-2)29-14-15(13-28)25(18)30-16-5-7-20(27)19(26)10-16/h5-8,10-12,14,17H,3-4,9H2,1-2H3,(H,29,30)(H,31,33)/b8-6+/t17-/m1/s1. The highest BCUT2D eigenvalue weighted by Crippen LogP contribution is 2.36. The second kappa shape index (κ2) is 10.1. The zero-order valence-corrected chi connectivity index (χ0v) is 19.5. The number of likely N-dealkylation sites (N-methyl/N-ethyl adjacent to an activating group) is 1. The number of fused-ring (bicyclic) bond motifs is 1. The number of carbonyl (C=O) groups excluding carboxylic acids is 1. The quantitative estimate of drug-likeness (QED) is 0.470. The number of hydrogen-bond donors (Lipinski definition) is 2. The summed E-state index contributed by atoms with van der Waals surface area (Å²) < 4.78 is 19.1. The molecule has 0 saturated carbocycles. The average molecular weight is 480 g/mol. The minimum Gasteiger partial charge on any atom is -0.494 e. The van der Waals surface area contributed by atoms with E-state index in [0.29, 0.717) is 33.7 Å². The maximum atomic E-state index is 13.6. The van der Waals surface area contributed by atoms with Crippen LogP contribution in [0, 0.1) is 17.1 Å². The molecule has 1 atom stereocenters. The fourth-order valence-corrected chi connectivity index (χ4v) is 4.16. The monoisotopic (exact) mass is 479 g/mol. The number of aromatic nitrogens is 1. The Balaban J connectivity index is 1.70. The van der Waals surface area contributed by atoms with Crippen molar-refractivity contribution in [3.8, 4) is 11.8 Å². The van der Waals surface area contributed by atoms with E-state index in [9.17, 15) is 14.4 Å². The lowest BCUT2D eigenvalue weighted by molar-refractivity contribution is -0.111. The molecule has 2 N–H and O–H groups in total. The number of nitrogens with zero attached hydrogens (tertiary/aromatic N) is 3. The zero-order valence-electron chi connectivity index (χ0n) is 18.7. The molecule has 34 heavy (non-hydrogen) atoms. The minimum absolute atomic E-state index is 0.0452. The van der Waals surface area contributed by atoms with Crippen LogP contribution >= 0.6 is 11.6 Å². The number of likely N-dealkylation sites (tertiary alicyclic amines) is 1. The van der Waals surface area contributed by atoms with Crippen LogP contribution in [0.15, 0.2) is 48.7 Å². The number of anilines is 3. The van der Waals surface area contributed by atoms with Crippen molar-refractivity contribution in [1.82, 2.24) is 9.88 Å². The van der Waals surface area contributed by atoms with Crippen LogP contribution in [-0.4, -0.2) is 42.5 Å². The number of pyridine rings is 1. The Bertz CT molecular complexity index is 1320. The van der Waals surface area contributed by atoms with Gasteiger partial charge in [0.2, 0.25) is 5.91 Å². The Labute approximate surface area is 201 Å². The highest BCUT2D eigenvalue weighted by atomic mass is 35.5. The third-order valence-corrected chi connectivity index (χ3v) is 6.09. The first-order chi connectivity index (χ1) is 16.4. The maximum absolute atomic E-state index is 13.6. The molecule has 1 fully saturated rings. The molecule has 0 spiro atoms. The summed E-state index contributed by atoms with van der Waals surface area (Å²) >= 11 is 5.91. The topological polar surface area (TPSA) is 90.3 Å². The molecule has 9 heteroatoms. The van der Waals surface area contributed by atoms with Gasteiger partial charge in [0.05, 0.1) is 34.6 Å². The predicted molar refractivity (Wildman–Crippen MR) is 131 cm³/mol. The van der Waals surface area contributed by atoms with Crippen LogP contribution in [0.5, 0.6) is 5.75 Å². The van der Waals surface area contributed by atoms with Gasteiger partial charge < -0.3 is 15.4 Å². The van der Waals surface area contributed by atoms with Gasteiger partial charge in [0.1, 0.15) is 17.6 Å². The number of nitrogens with one attached hydrogen (secondary N) is 2. The third-order valence-electron chi connectivity index (χ3n) is 5.80. The number of nitriles is 1. The highest BCUT2D eigenvalue weighted by molar-refractivity contribution is 6.31. The summed E-state index contributed by atoms with van der Waals surface area (Å²) in [6.45, 7) is 1.01. The maximum Gasteiger partial charge on any atom is 0.248 e. The predicted octanol–water partition coefficient (Wildman–Crippen LogP) is 5.24. The van der Waals surface area contributed by atoms with Gasteiger partial charge in [-0.15, -0.1) is 0 Å². The number of methoxy groups -OCH3 is 1. The van der Waals surface area contributed by atoms with Crippen LogP contribution in [0.1, 0.15) is 18.4 Å². The molecule has 0 aliphatic carbocycles. The van der Waals surface area contributed by atoms with Gasteiger partial charge in [-0.1, -0.05) is 17.7 Å². The van der Waals surface area contributed by atoms with Crippen LogP contribution in [0.3, 0.4) is 0 Å². The molecule has 1 amide bonds. The summed E-state index contributed by atoms with van der Waals surface area (Å²) in [5, 5.41) is 16.2. The highest BCUT2D eigenvalue weighted by Gasteiger charge is 2.19. The number of halogens is 2. The number of hydrogen-bond acceptors (Lipinski definition) is 6. The van der Waals surface area contributed by atoms with Gasteiger partial charge in [-0.3, -0.25) is 14.7 Å². The molecule has 1 aliphatic rings.